The van der Waals surface area contributed by atoms with Gasteiger partial charge in [-0.15, -0.1) is 0 Å². The smallest absolute Gasteiger partial charge is 0.326 e. The molecule has 7 heteroatoms. The fourth-order valence-electron chi connectivity index (χ4n) is 7.39. The fraction of sp³-hybridized carbons (Fsp3) is 0.935. The minimum absolute atomic E-state index is 0.0137. The lowest BCUT2D eigenvalue weighted by molar-refractivity contribution is -0.150. The highest BCUT2D eigenvalue weighted by atomic mass is 16.5. The molecule has 0 saturated carbocycles. The van der Waals surface area contributed by atoms with Gasteiger partial charge < -0.3 is 20.9 Å². The van der Waals surface area contributed by atoms with Gasteiger partial charge in [-0.3, -0.25) is 9.59 Å². The monoisotopic (exact) mass is 751 g/mol. The molecule has 53 heavy (non-hydrogen) atoms. The highest BCUT2D eigenvalue weighted by Crippen LogP contribution is 2.19. The molecule has 1 amide bonds. The van der Waals surface area contributed by atoms with E-state index in [0.717, 1.165) is 64.2 Å². The van der Waals surface area contributed by atoms with Crippen molar-refractivity contribution in [2.45, 2.75) is 270 Å². The number of carbonyl (C=O) groups excluding carboxylic acids is 2. The van der Waals surface area contributed by atoms with Crippen molar-refractivity contribution in [2.24, 2.45) is 5.73 Å². The molecule has 0 fully saturated rings. The van der Waals surface area contributed by atoms with Crippen LogP contribution in [-0.4, -0.2) is 41.6 Å². The Labute approximate surface area is 328 Å². The van der Waals surface area contributed by atoms with Crippen molar-refractivity contribution < 1.29 is 24.2 Å². The van der Waals surface area contributed by atoms with Crippen LogP contribution in [0.4, 0.5) is 0 Å². The molecule has 0 aliphatic rings. The third-order valence-electron chi connectivity index (χ3n) is 10.9. The number of amides is 1. The summed E-state index contributed by atoms with van der Waals surface area (Å²) in [5.41, 5.74) is 5.49. The van der Waals surface area contributed by atoms with Crippen LogP contribution in [-0.2, 0) is 19.1 Å². The maximum atomic E-state index is 12.8. The van der Waals surface area contributed by atoms with Gasteiger partial charge >= 0.3 is 11.9 Å². The van der Waals surface area contributed by atoms with Crippen LogP contribution < -0.4 is 11.1 Å². The molecule has 2 unspecified atom stereocenters. The van der Waals surface area contributed by atoms with Crippen molar-refractivity contribution in [3.63, 3.8) is 0 Å². The van der Waals surface area contributed by atoms with E-state index in [1.54, 1.807) is 0 Å². The van der Waals surface area contributed by atoms with Gasteiger partial charge in [0.05, 0.1) is 0 Å². The second-order valence-electron chi connectivity index (χ2n) is 16.2. The summed E-state index contributed by atoms with van der Waals surface area (Å²) in [4.78, 5) is 36.4. The van der Waals surface area contributed by atoms with Gasteiger partial charge in [0.25, 0.3) is 0 Å². The number of carbonyl (C=O) groups is 3. The SMILES string of the molecule is CCCCCCCCCCCCCCCCCC(CCCCCCCC(=O)NC(CCCN)C(=O)O)OC(=O)CCCCCCCCCCCCCC. The van der Waals surface area contributed by atoms with Gasteiger partial charge in [0.2, 0.25) is 5.91 Å². The highest BCUT2D eigenvalue weighted by Gasteiger charge is 2.19. The van der Waals surface area contributed by atoms with Crippen molar-refractivity contribution in [2.75, 3.05) is 6.54 Å². The zero-order valence-electron chi connectivity index (χ0n) is 35.4. The minimum Gasteiger partial charge on any atom is -0.480 e. The Morgan fingerprint density at radius 1 is 0.472 bits per heavy atom. The van der Waals surface area contributed by atoms with Crippen molar-refractivity contribution in [3.05, 3.63) is 0 Å². The number of aliphatic carboxylic acids is 1. The maximum Gasteiger partial charge on any atom is 0.326 e. The molecule has 0 aliphatic carbocycles. The highest BCUT2D eigenvalue weighted by molar-refractivity contribution is 5.83. The van der Waals surface area contributed by atoms with Crippen LogP contribution in [0.3, 0.4) is 0 Å². The van der Waals surface area contributed by atoms with Crippen LogP contribution in [0.5, 0.6) is 0 Å². The molecule has 0 aliphatic heterocycles. The molecular weight excluding hydrogens is 661 g/mol. The number of nitrogens with two attached hydrogens (primary N) is 1. The zero-order chi connectivity index (χ0) is 38.9. The lowest BCUT2D eigenvalue weighted by Gasteiger charge is -2.18. The quantitative estimate of drug-likeness (QED) is 0.0422. The molecule has 0 aromatic heterocycles. The average Bonchev–Trinajstić information content (AvgIpc) is 3.14. The van der Waals surface area contributed by atoms with E-state index >= 15 is 0 Å². The van der Waals surface area contributed by atoms with E-state index in [9.17, 15) is 19.5 Å². The first-order valence-electron chi connectivity index (χ1n) is 23.4. The Morgan fingerprint density at radius 2 is 0.811 bits per heavy atom. The first-order chi connectivity index (χ1) is 25.9. The standard InChI is InChI=1S/C46H90N2O5/c1-3-5-7-9-11-13-15-17-18-19-20-22-24-27-31-36-42(53-45(50)40-34-30-25-23-21-16-14-12-10-8-6-4-2)37-32-28-26-29-33-39-44(49)48-43(46(51)52)38-35-41-47/h42-43H,3-41,47H2,1-2H3,(H,48,49)(H,51,52). The molecule has 0 spiro atoms. The molecule has 0 radical (unpaired) electrons. The van der Waals surface area contributed by atoms with E-state index in [0.29, 0.717) is 32.2 Å². The van der Waals surface area contributed by atoms with Gasteiger partial charge in [-0.05, 0) is 57.9 Å². The molecule has 0 aromatic carbocycles. The number of nitrogens with one attached hydrogen (secondary N) is 1. The van der Waals surface area contributed by atoms with Gasteiger partial charge in [-0.2, -0.15) is 0 Å². The summed E-state index contributed by atoms with van der Waals surface area (Å²) in [5, 5.41) is 12.0. The fourth-order valence-corrected chi connectivity index (χ4v) is 7.39. The number of rotatable bonds is 43. The summed E-state index contributed by atoms with van der Waals surface area (Å²) in [5.74, 6) is -1.21. The van der Waals surface area contributed by atoms with Crippen LogP contribution in [0.25, 0.3) is 0 Å². The number of esters is 1. The Morgan fingerprint density at radius 3 is 1.17 bits per heavy atom. The Kier molecular flexibility index (Phi) is 40.3. The van der Waals surface area contributed by atoms with E-state index in [4.69, 9.17) is 10.5 Å². The Balaban J connectivity index is 4.28. The zero-order valence-corrected chi connectivity index (χ0v) is 35.4. The molecule has 0 heterocycles. The number of unbranched alkanes of at least 4 members (excludes halogenated alkanes) is 29. The van der Waals surface area contributed by atoms with E-state index in [-0.39, 0.29) is 18.0 Å². The van der Waals surface area contributed by atoms with Gasteiger partial charge in [0.15, 0.2) is 0 Å². The first kappa shape index (κ1) is 51.4. The van der Waals surface area contributed by atoms with Gasteiger partial charge in [-0.1, -0.05) is 194 Å². The van der Waals surface area contributed by atoms with Crippen LogP contribution >= 0.6 is 0 Å². The maximum absolute atomic E-state index is 12.8. The Bertz CT molecular complexity index is 807. The van der Waals surface area contributed by atoms with Crippen molar-refractivity contribution in [1.29, 1.82) is 0 Å². The number of carboxylic acids is 1. The lowest BCUT2D eigenvalue weighted by atomic mass is 10.0. The van der Waals surface area contributed by atoms with E-state index < -0.39 is 12.0 Å². The van der Waals surface area contributed by atoms with Gasteiger partial charge in [-0.25, -0.2) is 4.79 Å². The normalized spacial score (nSPS) is 12.5. The van der Waals surface area contributed by atoms with Crippen LogP contribution in [0.2, 0.25) is 0 Å². The largest absolute Gasteiger partial charge is 0.480 e. The van der Waals surface area contributed by atoms with Crippen LogP contribution in [0, 0.1) is 0 Å². The topological polar surface area (TPSA) is 119 Å². The van der Waals surface area contributed by atoms with Crippen molar-refractivity contribution >= 4 is 17.8 Å². The van der Waals surface area contributed by atoms with Gasteiger partial charge in [0.1, 0.15) is 12.1 Å². The van der Waals surface area contributed by atoms with Crippen molar-refractivity contribution in [1.82, 2.24) is 5.32 Å². The summed E-state index contributed by atoms with van der Waals surface area (Å²) in [7, 11) is 0. The average molecular weight is 751 g/mol. The summed E-state index contributed by atoms with van der Waals surface area (Å²) >= 11 is 0. The summed E-state index contributed by atoms with van der Waals surface area (Å²) in [6, 6.07) is -0.852. The third-order valence-corrected chi connectivity index (χ3v) is 10.9. The second-order valence-corrected chi connectivity index (χ2v) is 16.2. The number of hydrogen-bond donors (Lipinski definition) is 3. The molecular formula is C46H90N2O5. The molecule has 2 atom stereocenters. The van der Waals surface area contributed by atoms with Crippen LogP contribution in [0.15, 0.2) is 0 Å². The van der Waals surface area contributed by atoms with E-state index in [2.05, 4.69) is 19.2 Å². The van der Waals surface area contributed by atoms with E-state index in [1.807, 2.05) is 0 Å². The molecule has 4 N–H and O–H groups in total. The second kappa shape index (κ2) is 41.5. The summed E-state index contributed by atoms with van der Waals surface area (Å²) < 4.78 is 6.07. The molecule has 0 bridgehead atoms. The summed E-state index contributed by atoms with van der Waals surface area (Å²) in [6.45, 7) is 4.97. The molecule has 314 valence electrons. The predicted molar refractivity (Wildman–Crippen MR) is 225 cm³/mol. The lowest BCUT2D eigenvalue weighted by Crippen LogP contribution is -2.40. The third kappa shape index (κ3) is 38.4. The number of ether oxygens (including phenoxy) is 1. The molecule has 7 nitrogen and oxygen atoms in total. The molecule has 0 rings (SSSR count). The summed E-state index contributed by atoms with van der Waals surface area (Å²) in [6.07, 6.45) is 44.3. The first-order valence-corrected chi connectivity index (χ1v) is 23.4. The van der Waals surface area contributed by atoms with E-state index in [1.165, 1.54) is 154 Å². The van der Waals surface area contributed by atoms with Crippen molar-refractivity contribution in [3.8, 4) is 0 Å². The number of carboxylic acid groups (broad SMARTS) is 1. The molecule has 0 aromatic rings. The predicted octanol–water partition coefficient (Wildman–Crippen LogP) is 13.3. The minimum atomic E-state index is -1.000. The van der Waals surface area contributed by atoms with Crippen LogP contribution in [0.1, 0.15) is 258 Å². The Hall–Kier alpha value is -1.63. The van der Waals surface area contributed by atoms with Gasteiger partial charge in [0, 0.05) is 12.8 Å². The number of hydrogen-bond acceptors (Lipinski definition) is 5. The molecule has 0 saturated heterocycles.